The third kappa shape index (κ3) is 5.18. The molecule has 0 aromatic heterocycles. The zero-order chi connectivity index (χ0) is 16.2. The van der Waals surface area contributed by atoms with Crippen LogP contribution in [0.3, 0.4) is 0 Å². The van der Waals surface area contributed by atoms with E-state index in [-0.39, 0.29) is 12.6 Å². The summed E-state index contributed by atoms with van der Waals surface area (Å²) in [6, 6.07) is 10.2. The fourth-order valence-electron chi connectivity index (χ4n) is 3.00. The molecule has 2 rings (SSSR count). The molecular weight excluding hydrogens is 293 g/mol. The number of benzene rings is 1. The van der Waals surface area contributed by atoms with Crippen LogP contribution < -0.4 is 4.90 Å². The normalized spacial score (nSPS) is 21.2. The Morgan fingerprint density at radius 2 is 2.00 bits per heavy atom. The maximum absolute atomic E-state index is 12.3. The van der Waals surface area contributed by atoms with E-state index in [1.54, 1.807) is 7.05 Å². The Balaban J connectivity index is 1.89. The van der Waals surface area contributed by atoms with Crippen LogP contribution in [0.1, 0.15) is 19.3 Å². The van der Waals surface area contributed by atoms with Crippen LogP contribution in [0.15, 0.2) is 30.3 Å². The second-order valence-corrected chi connectivity index (χ2v) is 5.99. The number of aliphatic hydroxyl groups is 1. The molecule has 0 radical (unpaired) electrons. The highest BCUT2D eigenvalue weighted by Gasteiger charge is 2.32. The molecule has 1 heterocycles. The highest BCUT2D eigenvalue weighted by Crippen LogP contribution is 2.24. The van der Waals surface area contributed by atoms with E-state index >= 15 is 0 Å². The Labute approximate surface area is 129 Å². The summed E-state index contributed by atoms with van der Waals surface area (Å²) >= 11 is 0. The number of anilines is 1. The van der Waals surface area contributed by atoms with Gasteiger partial charge < -0.3 is 10.0 Å². The van der Waals surface area contributed by atoms with Crippen molar-refractivity contribution in [1.82, 2.24) is 4.90 Å². The minimum absolute atomic E-state index is 0.0484. The van der Waals surface area contributed by atoms with Crippen molar-refractivity contribution in [1.29, 1.82) is 0 Å². The lowest BCUT2D eigenvalue weighted by Crippen LogP contribution is -2.48. The van der Waals surface area contributed by atoms with Crippen molar-refractivity contribution < 1.29 is 18.3 Å². The second-order valence-electron chi connectivity index (χ2n) is 5.99. The number of hydrogen-bond donors (Lipinski definition) is 1. The quantitative estimate of drug-likeness (QED) is 0.905. The molecule has 124 valence electrons. The standard InChI is InChI=1S/C16H23F3N2O/c1-20(12-15(22)10-16(17,18)19)14-8-5-9-21(11-14)13-6-3-2-4-7-13/h2-4,6-7,14-15,22H,5,8-12H2,1H3/t14-,15+/m0/s1. The highest BCUT2D eigenvalue weighted by atomic mass is 19.4. The Morgan fingerprint density at radius 1 is 1.32 bits per heavy atom. The molecule has 22 heavy (non-hydrogen) atoms. The first-order valence-corrected chi connectivity index (χ1v) is 7.60. The Hall–Kier alpha value is -1.27. The van der Waals surface area contributed by atoms with Crippen LogP contribution in [0.2, 0.25) is 0 Å². The fourth-order valence-corrected chi connectivity index (χ4v) is 3.00. The van der Waals surface area contributed by atoms with E-state index in [1.165, 1.54) is 0 Å². The summed E-state index contributed by atoms with van der Waals surface area (Å²) in [5.41, 5.74) is 1.14. The minimum Gasteiger partial charge on any atom is -0.391 e. The van der Waals surface area contributed by atoms with E-state index < -0.39 is 18.7 Å². The molecule has 0 aliphatic carbocycles. The van der Waals surface area contributed by atoms with Crippen molar-refractivity contribution in [2.24, 2.45) is 0 Å². The molecule has 1 aliphatic heterocycles. The van der Waals surface area contributed by atoms with Crippen molar-refractivity contribution in [3.05, 3.63) is 30.3 Å². The van der Waals surface area contributed by atoms with Crippen molar-refractivity contribution in [2.75, 3.05) is 31.6 Å². The average Bonchev–Trinajstić information content (AvgIpc) is 2.46. The summed E-state index contributed by atoms with van der Waals surface area (Å²) in [6.45, 7) is 1.78. The number of aliphatic hydroxyl groups excluding tert-OH is 1. The molecule has 1 fully saturated rings. The van der Waals surface area contributed by atoms with Gasteiger partial charge in [-0.3, -0.25) is 4.90 Å². The van der Waals surface area contributed by atoms with E-state index in [1.807, 2.05) is 35.2 Å². The molecule has 1 saturated heterocycles. The number of hydrogen-bond acceptors (Lipinski definition) is 3. The molecule has 1 aliphatic rings. The zero-order valence-electron chi connectivity index (χ0n) is 12.8. The van der Waals surface area contributed by atoms with Gasteiger partial charge in [0.15, 0.2) is 0 Å². The molecule has 1 N–H and O–H groups in total. The third-order valence-electron chi connectivity index (χ3n) is 4.11. The first-order valence-electron chi connectivity index (χ1n) is 7.60. The lowest BCUT2D eigenvalue weighted by molar-refractivity contribution is -0.155. The molecule has 0 amide bonds. The lowest BCUT2D eigenvalue weighted by Gasteiger charge is -2.39. The zero-order valence-corrected chi connectivity index (χ0v) is 12.8. The largest absolute Gasteiger partial charge is 0.391 e. The van der Waals surface area contributed by atoms with E-state index in [0.717, 1.165) is 31.6 Å². The van der Waals surface area contributed by atoms with Gasteiger partial charge in [0, 0.05) is 31.4 Å². The topological polar surface area (TPSA) is 26.7 Å². The number of alkyl halides is 3. The maximum atomic E-state index is 12.3. The molecule has 0 saturated carbocycles. The molecule has 3 nitrogen and oxygen atoms in total. The summed E-state index contributed by atoms with van der Waals surface area (Å²) in [6.07, 6.45) is -4.88. The molecule has 0 unspecified atom stereocenters. The predicted molar refractivity (Wildman–Crippen MR) is 81.0 cm³/mol. The van der Waals surface area contributed by atoms with Crippen molar-refractivity contribution in [3.8, 4) is 0 Å². The van der Waals surface area contributed by atoms with Gasteiger partial charge in [-0.2, -0.15) is 13.2 Å². The van der Waals surface area contributed by atoms with Crippen molar-refractivity contribution in [2.45, 2.75) is 37.6 Å². The fraction of sp³-hybridized carbons (Fsp3) is 0.625. The van der Waals surface area contributed by atoms with Crippen LogP contribution in [0.25, 0.3) is 0 Å². The molecule has 1 aromatic rings. The van der Waals surface area contributed by atoms with Gasteiger partial charge in [0.1, 0.15) is 0 Å². The Morgan fingerprint density at radius 3 is 2.64 bits per heavy atom. The van der Waals surface area contributed by atoms with E-state index in [0.29, 0.717) is 0 Å². The predicted octanol–water partition coefficient (Wildman–Crippen LogP) is 2.90. The minimum atomic E-state index is -4.32. The van der Waals surface area contributed by atoms with Crippen LogP contribution in [0, 0.1) is 0 Å². The van der Waals surface area contributed by atoms with Gasteiger partial charge in [0.05, 0.1) is 12.5 Å². The lowest BCUT2D eigenvalue weighted by atomic mass is 10.0. The van der Waals surface area contributed by atoms with Crippen molar-refractivity contribution in [3.63, 3.8) is 0 Å². The maximum Gasteiger partial charge on any atom is 0.391 e. The molecule has 0 spiro atoms. The molecule has 0 bridgehead atoms. The monoisotopic (exact) mass is 316 g/mol. The summed E-state index contributed by atoms with van der Waals surface area (Å²) in [7, 11) is 1.79. The van der Waals surface area contributed by atoms with E-state index in [4.69, 9.17) is 0 Å². The number of nitrogens with zero attached hydrogens (tertiary/aromatic N) is 2. The van der Waals surface area contributed by atoms with Crippen LogP contribution in [0.4, 0.5) is 18.9 Å². The number of para-hydroxylation sites is 1. The summed E-state index contributed by atoms with van der Waals surface area (Å²) in [4.78, 5) is 4.10. The number of piperidine rings is 1. The van der Waals surface area contributed by atoms with Crippen LogP contribution in [0.5, 0.6) is 0 Å². The van der Waals surface area contributed by atoms with E-state index in [2.05, 4.69) is 4.90 Å². The van der Waals surface area contributed by atoms with E-state index in [9.17, 15) is 18.3 Å². The molecule has 1 aromatic carbocycles. The number of halogens is 3. The van der Waals surface area contributed by atoms with Gasteiger partial charge in [-0.05, 0) is 32.0 Å². The Kier molecular flexibility index (Phi) is 5.69. The van der Waals surface area contributed by atoms with Crippen LogP contribution >= 0.6 is 0 Å². The number of likely N-dealkylation sites (N-methyl/N-ethyl adjacent to an activating group) is 1. The smallest absolute Gasteiger partial charge is 0.391 e. The molecule has 2 atom stereocenters. The van der Waals surface area contributed by atoms with Gasteiger partial charge in [0.2, 0.25) is 0 Å². The first kappa shape index (κ1) is 17.1. The molecular formula is C16H23F3N2O. The average molecular weight is 316 g/mol. The van der Waals surface area contributed by atoms with Gasteiger partial charge in [-0.25, -0.2) is 0 Å². The van der Waals surface area contributed by atoms with Gasteiger partial charge >= 0.3 is 6.18 Å². The first-order chi connectivity index (χ1) is 10.3. The third-order valence-corrected chi connectivity index (χ3v) is 4.11. The molecule has 6 heteroatoms. The summed E-state index contributed by atoms with van der Waals surface area (Å²) in [5, 5.41) is 9.59. The Bertz CT molecular complexity index is 452. The number of rotatable bonds is 5. The van der Waals surface area contributed by atoms with Gasteiger partial charge in [0.25, 0.3) is 0 Å². The van der Waals surface area contributed by atoms with Crippen LogP contribution in [-0.4, -0.2) is 55.0 Å². The van der Waals surface area contributed by atoms with Gasteiger partial charge in [-0.15, -0.1) is 0 Å². The van der Waals surface area contributed by atoms with Crippen LogP contribution in [-0.2, 0) is 0 Å². The van der Waals surface area contributed by atoms with Crippen molar-refractivity contribution >= 4 is 5.69 Å². The second kappa shape index (κ2) is 7.33. The highest BCUT2D eigenvalue weighted by molar-refractivity contribution is 5.46. The summed E-state index contributed by atoms with van der Waals surface area (Å²) in [5.74, 6) is 0. The summed E-state index contributed by atoms with van der Waals surface area (Å²) < 4.78 is 36.9. The SMILES string of the molecule is CN(C[C@H](O)CC(F)(F)F)[C@H]1CCCN(c2ccccc2)C1. The van der Waals surface area contributed by atoms with Gasteiger partial charge in [-0.1, -0.05) is 18.2 Å².